The lowest BCUT2D eigenvalue weighted by Gasteiger charge is -2.52. The first-order valence-corrected chi connectivity index (χ1v) is 13.3. The molecular formula is C29H30BrN5O. The normalized spacial score (nSPS) is 26.4. The number of hydrogen-bond acceptors (Lipinski definition) is 6. The predicted molar refractivity (Wildman–Crippen MR) is 148 cm³/mol. The number of allylic oxidation sites excluding steroid dienone is 1. The number of benzene rings is 2. The van der Waals surface area contributed by atoms with Gasteiger partial charge in [0.05, 0.1) is 11.3 Å². The van der Waals surface area contributed by atoms with Gasteiger partial charge in [0, 0.05) is 32.9 Å². The second-order valence-electron chi connectivity index (χ2n) is 10.3. The van der Waals surface area contributed by atoms with Gasteiger partial charge >= 0.3 is 0 Å². The van der Waals surface area contributed by atoms with Crippen LogP contribution in [0.1, 0.15) is 50.2 Å². The maximum absolute atomic E-state index is 10.8. The van der Waals surface area contributed by atoms with Gasteiger partial charge in [0.15, 0.2) is 11.6 Å². The molecule has 6 rings (SSSR count). The van der Waals surface area contributed by atoms with Gasteiger partial charge in [-0.2, -0.15) is 0 Å². The zero-order valence-corrected chi connectivity index (χ0v) is 21.9. The first-order chi connectivity index (χ1) is 17.3. The van der Waals surface area contributed by atoms with Crippen molar-refractivity contribution in [3.05, 3.63) is 82.1 Å². The van der Waals surface area contributed by atoms with E-state index in [-0.39, 0.29) is 0 Å². The molecule has 1 aliphatic heterocycles. The van der Waals surface area contributed by atoms with Gasteiger partial charge in [-0.1, -0.05) is 77.5 Å². The molecule has 0 bridgehead atoms. The number of anilines is 1. The van der Waals surface area contributed by atoms with E-state index in [9.17, 15) is 5.11 Å². The lowest BCUT2D eigenvalue weighted by Crippen LogP contribution is -2.60. The monoisotopic (exact) mass is 543 g/mol. The van der Waals surface area contributed by atoms with Crippen LogP contribution in [0.15, 0.2) is 76.0 Å². The Bertz CT molecular complexity index is 1370. The summed E-state index contributed by atoms with van der Waals surface area (Å²) in [5, 5.41) is 12.4. The van der Waals surface area contributed by atoms with Gasteiger partial charge < -0.3 is 10.8 Å². The van der Waals surface area contributed by atoms with Crippen LogP contribution in [0, 0.1) is 5.92 Å². The van der Waals surface area contributed by atoms with Gasteiger partial charge in [-0.25, -0.2) is 20.8 Å². The zero-order chi connectivity index (χ0) is 25.1. The third kappa shape index (κ3) is 3.91. The molecule has 3 aromatic rings. The number of aromatic nitrogens is 1. The van der Waals surface area contributed by atoms with E-state index in [4.69, 9.17) is 16.6 Å². The topological polar surface area (TPSA) is 101 Å². The Morgan fingerprint density at radius 2 is 1.78 bits per heavy atom. The summed E-state index contributed by atoms with van der Waals surface area (Å²) < 4.78 is 0.923. The Balaban J connectivity index is 1.41. The maximum atomic E-state index is 10.8. The van der Waals surface area contributed by atoms with E-state index in [0.29, 0.717) is 30.4 Å². The lowest BCUT2D eigenvalue weighted by molar-refractivity contribution is -0.106. The molecule has 0 radical (unpaired) electrons. The molecule has 0 saturated heterocycles. The summed E-state index contributed by atoms with van der Waals surface area (Å²) in [5.41, 5.74) is 11.5. The molecule has 36 heavy (non-hydrogen) atoms. The molecule has 2 aliphatic carbocycles. The number of aliphatic hydroxyl groups is 1. The van der Waals surface area contributed by atoms with Crippen LogP contribution in [0.25, 0.3) is 22.4 Å². The molecule has 0 unspecified atom stereocenters. The number of halogens is 1. The number of pyridine rings is 1. The summed E-state index contributed by atoms with van der Waals surface area (Å²) in [5.74, 6) is 8.24. The molecule has 7 heteroatoms. The van der Waals surface area contributed by atoms with Crippen LogP contribution in [0.3, 0.4) is 0 Å². The minimum absolute atomic E-state index is 0.427. The number of nitrogens with zero attached hydrogens (tertiary/aromatic N) is 3. The summed E-state index contributed by atoms with van der Waals surface area (Å²) in [4.78, 5) is 9.65. The van der Waals surface area contributed by atoms with E-state index in [1.807, 2.05) is 31.3 Å². The third-order valence-corrected chi connectivity index (χ3v) is 8.68. The van der Waals surface area contributed by atoms with E-state index in [1.54, 1.807) is 5.01 Å². The molecule has 0 spiro atoms. The molecule has 1 aromatic heterocycles. The van der Waals surface area contributed by atoms with Gasteiger partial charge in [-0.05, 0) is 55.2 Å². The number of hydrogen-bond donors (Lipinski definition) is 3. The van der Waals surface area contributed by atoms with Crippen molar-refractivity contribution < 1.29 is 5.11 Å². The molecule has 0 amide bonds. The van der Waals surface area contributed by atoms with E-state index in [1.165, 1.54) is 0 Å². The number of hydrazine groups is 1. The molecule has 5 N–H and O–H groups in total. The van der Waals surface area contributed by atoms with E-state index < -0.39 is 11.1 Å². The molecule has 2 saturated carbocycles. The second-order valence-corrected chi connectivity index (χ2v) is 11.3. The molecule has 2 fully saturated rings. The van der Waals surface area contributed by atoms with Gasteiger partial charge in [0.1, 0.15) is 0 Å². The molecule has 184 valence electrons. The zero-order valence-electron chi connectivity index (χ0n) is 20.3. The summed E-state index contributed by atoms with van der Waals surface area (Å²) >= 11 is 3.59. The fourth-order valence-electron chi connectivity index (χ4n) is 5.63. The fraction of sp³-hybridized carbons (Fsp3) is 0.310. The molecule has 0 atom stereocenters. The summed E-state index contributed by atoms with van der Waals surface area (Å²) in [6, 6.07) is 20.7. The second kappa shape index (κ2) is 8.63. The lowest BCUT2D eigenvalue weighted by atomic mass is 9.60. The van der Waals surface area contributed by atoms with Crippen LogP contribution in [-0.2, 0) is 5.54 Å². The van der Waals surface area contributed by atoms with Crippen LogP contribution < -0.4 is 16.6 Å². The van der Waals surface area contributed by atoms with Gasteiger partial charge in [-0.3, -0.25) is 0 Å². The fourth-order valence-corrected chi connectivity index (χ4v) is 5.92. The SMILES string of the molecule is CC/C(Br)=C1/N=Cc2cc(-c3ccccc3)c(-c3ccc([C@]4(N)C[C@@](O)(C5CC5)C4)cc3)nc2N1N. The molecular weight excluding hydrogens is 514 g/mol. The molecule has 2 aromatic carbocycles. The number of fused-ring (bicyclic) bond motifs is 1. The average Bonchev–Trinajstić information content (AvgIpc) is 3.74. The van der Waals surface area contributed by atoms with E-state index >= 15 is 0 Å². The summed E-state index contributed by atoms with van der Waals surface area (Å²) in [6.07, 6.45) is 6.09. The largest absolute Gasteiger partial charge is 0.389 e. The maximum Gasteiger partial charge on any atom is 0.158 e. The van der Waals surface area contributed by atoms with Crippen LogP contribution in [0.2, 0.25) is 0 Å². The number of rotatable bonds is 5. The van der Waals surface area contributed by atoms with Crippen molar-refractivity contribution in [3.8, 4) is 22.4 Å². The third-order valence-electron chi connectivity index (χ3n) is 7.76. The smallest absolute Gasteiger partial charge is 0.158 e. The standard InChI is InChI=1S/C29H30BrN5O/c1-2-24(30)27-33-15-20-14-23(18-6-4-3-5-7-18)25(34-26(20)35(27)32)19-8-10-21(11-9-19)28(31)16-29(36,17-28)22-12-13-22/h3-11,14-15,22,36H,2,12-13,16-17,31-32H2,1H3/b27-24+/t28-,29-. The number of nitrogens with two attached hydrogens (primary N) is 2. The minimum atomic E-state index is -0.585. The van der Waals surface area contributed by atoms with Crippen LogP contribution in [-0.4, -0.2) is 21.9 Å². The Kier molecular flexibility index (Phi) is 5.64. The molecule has 6 nitrogen and oxygen atoms in total. The highest BCUT2D eigenvalue weighted by atomic mass is 79.9. The van der Waals surface area contributed by atoms with Gasteiger partial charge in [-0.15, -0.1) is 0 Å². The first-order valence-electron chi connectivity index (χ1n) is 12.5. The van der Waals surface area contributed by atoms with Crippen molar-refractivity contribution in [1.82, 2.24) is 4.98 Å². The minimum Gasteiger partial charge on any atom is -0.389 e. The van der Waals surface area contributed by atoms with Crippen molar-refractivity contribution in [2.45, 2.75) is 50.2 Å². The summed E-state index contributed by atoms with van der Waals surface area (Å²) in [6.45, 7) is 2.05. The van der Waals surface area contributed by atoms with Crippen molar-refractivity contribution in [1.29, 1.82) is 0 Å². The predicted octanol–water partition coefficient (Wildman–Crippen LogP) is 5.59. The quantitative estimate of drug-likeness (QED) is 0.364. The number of aliphatic imine (C=N–C) groups is 1. The van der Waals surface area contributed by atoms with Crippen molar-refractivity contribution >= 4 is 28.0 Å². The van der Waals surface area contributed by atoms with Crippen LogP contribution in [0.5, 0.6) is 0 Å². The average molecular weight is 544 g/mol. The Hall–Kier alpha value is -2.84. The summed E-state index contributed by atoms with van der Waals surface area (Å²) in [7, 11) is 0. The Labute approximate surface area is 219 Å². The van der Waals surface area contributed by atoms with Crippen molar-refractivity contribution in [2.75, 3.05) is 5.01 Å². The van der Waals surface area contributed by atoms with Gasteiger partial charge in [0.2, 0.25) is 0 Å². The molecule has 2 heterocycles. The Morgan fingerprint density at radius 1 is 1.08 bits per heavy atom. The highest BCUT2D eigenvalue weighted by Crippen LogP contribution is 2.57. The highest BCUT2D eigenvalue weighted by Gasteiger charge is 2.58. The van der Waals surface area contributed by atoms with Crippen molar-refractivity contribution in [2.24, 2.45) is 22.5 Å². The van der Waals surface area contributed by atoms with Crippen LogP contribution in [0.4, 0.5) is 5.82 Å². The van der Waals surface area contributed by atoms with Gasteiger partial charge in [0.25, 0.3) is 0 Å². The molecule has 3 aliphatic rings. The first kappa shape index (κ1) is 23.6. The van der Waals surface area contributed by atoms with E-state index in [2.05, 4.69) is 63.4 Å². The van der Waals surface area contributed by atoms with Crippen molar-refractivity contribution in [3.63, 3.8) is 0 Å². The Morgan fingerprint density at radius 3 is 2.42 bits per heavy atom. The van der Waals surface area contributed by atoms with Crippen LogP contribution >= 0.6 is 15.9 Å². The highest BCUT2D eigenvalue weighted by molar-refractivity contribution is 9.11. The van der Waals surface area contributed by atoms with E-state index in [0.717, 1.165) is 57.3 Å².